The molecule has 0 radical (unpaired) electrons. The summed E-state index contributed by atoms with van der Waals surface area (Å²) in [6, 6.07) is 0. The first-order valence-corrected chi connectivity index (χ1v) is 6.63. The van der Waals surface area contributed by atoms with Crippen LogP contribution in [0, 0.1) is 17.8 Å². The van der Waals surface area contributed by atoms with Crippen molar-refractivity contribution in [3.05, 3.63) is 12.2 Å². The van der Waals surface area contributed by atoms with E-state index in [4.69, 9.17) is 0 Å². The molecule has 0 saturated heterocycles. The molecule has 1 amide bonds. The van der Waals surface area contributed by atoms with Crippen LogP contribution >= 0.6 is 0 Å². The minimum Gasteiger partial charge on any atom is -0.481 e. The molecule has 4 nitrogen and oxygen atoms in total. The highest BCUT2D eigenvalue weighted by Crippen LogP contribution is 2.27. The molecule has 0 heterocycles. The Balaban J connectivity index is 2.79. The highest BCUT2D eigenvalue weighted by atomic mass is 16.4. The van der Waals surface area contributed by atoms with Crippen molar-refractivity contribution in [1.29, 1.82) is 0 Å². The van der Waals surface area contributed by atoms with Gasteiger partial charge in [-0.15, -0.1) is 0 Å². The smallest absolute Gasteiger partial charge is 0.307 e. The third kappa shape index (κ3) is 3.59. The van der Waals surface area contributed by atoms with E-state index in [0.717, 1.165) is 0 Å². The van der Waals surface area contributed by atoms with E-state index in [1.54, 1.807) is 4.90 Å². The normalized spacial score (nSPS) is 23.1. The number of carboxylic acid groups (broad SMARTS) is 1. The third-order valence-corrected chi connectivity index (χ3v) is 3.35. The Kier molecular flexibility index (Phi) is 5.38. The van der Waals surface area contributed by atoms with Crippen molar-refractivity contribution in [2.24, 2.45) is 17.8 Å². The molecular formula is C14H23NO3. The van der Waals surface area contributed by atoms with Crippen LogP contribution in [0.15, 0.2) is 12.2 Å². The van der Waals surface area contributed by atoms with Gasteiger partial charge < -0.3 is 10.0 Å². The van der Waals surface area contributed by atoms with Crippen molar-refractivity contribution in [3.63, 3.8) is 0 Å². The number of rotatable bonds is 5. The third-order valence-electron chi connectivity index (χ3n) is 3.35. The van der Waals surface area contributed by atoms with Crippen LogP contribution in [0.3, 0.4) is 0 Å². The van der Waals surface area contributed by atoms with Gasteiger partial charge in [-0.25, -0.2) is 0 Å². The van der Waals surface area contributed by atoms with E-state index >= 15 is 0 Å². The Morgan fingerprint density at radius 3 is 2.28 bits per heavy atom. The molecular weight excluding hydrogens is 230 g/mol. The lowest BCUT2D eigenvalue weighted by Gasteiger charge is -2.31. The molecule has 1 aliphatic carbocycles. The van der Waals surface area contributed by atoms with E-state index in [2.05, 4.69) is 13.8 Å². The predicted octanol–water partition coefficient (Wildman–Crippen LogP) is 2.16. The van der Waals surface area contributed by atoms with Crippen molar-refractivity contribution in [1.82, 2.24) is 4.90 Å². The van der Waals surface area contributed by atoms with Crippen molar-refractivity contribution >= 4 is 11.9 Å². The Labute approximate surface area is 109 Å². The molecule has 0 spiro atoms. The van der Waals surface area contributed by atoms with Crippen LogP contribution in [-0.2, 0) is 9.59 Å². The number of carbonyl (C=O) groups is 2. The summed E-state index contributed by atoms with van der Waals surface area (Å²) in [5.74, 6) is -1.44. The fraction of sp³-hybridized carbons (Fsp3) is 0.714. The minimum atomic E-state index is -0.863. The number of nitrogens with zero attached hydrogens (tertiary/aromatic N) is 1. The van der Waals surface area contributed by atoms with Gasteiger partial charge in [-0.05, 0) is 25.7 Å². The molecule has 1 rings (SSSR count). The number of hydrogen-bond acceptors (Lipinski definition) is 2. The second-order valence-electron chi connectivity index (χ2n) is 5.26. The van der Waals surface area contributed by atoms with Crippen LogP contribution in [0.4, 0.5) is 0 Å². The summed E-state index contributed by atoms with van der Waals surface area (Å²) in [6.45, 7) is 7.40. The molecule has 0 unspecified atom stereocenters. The van der Waals surface area contributed by atoms with Crippen molar-refractivity contribution in [2.45, 2.75) is 33.6 Å². The van der Waals surface area contributed by atoms with E-state index in [1.807, 2.05) is 19.1 Å². The number of carboxylic acids is 1. The molecule has 4 heteroatoms. The summed E-state index contributed by atoms with van der Waals surface area (Å²) in [7, 11) is 0. The first kappa shape index (κ1) is 14.7. The fourth-order valence-corrected chi connectivity index (χ4v) is 2.41. The molecule has 0 aliphatic heterocycles. The van der Waals surface area contributed by atoms with Crippen LogP contribution in [0.25, 0.3) is 0 Å². The van der Waals surface area contributed by atoms with Gasteiger partial charge in [0.15, 0.2) is 0 Å². The minimum absolute atomic E-state index is 0.0112. The van der Waals surface area contributed by atoms with Crippen molar-refractivity contribution < 1.29 is 14.7 Å². The van der Waals surface area contributed by atoms with Crippen LogP contribution in [0.1, 0.15) is 33.6 Å². The molecule has 0 aromatic heterocycles. The highest BCUT2D eigenvalue weighted by molar-refractivity contribution is 5.85. The standard InChI is InChI=1S/C14H23NO3/c1-4-15(9-10(2)3)13(16)11-7-5-6-8-12(11)14(17)18/h5-6,10-12H,4,7-9H2,1-3H3,(H,17,18)/t11-,12+/m1/s1. The molecule has 102 valence electrons. The molecule has 0 aromatic carbocycles. The number of aliphatic carboxylic acids is 1. The van der Waals surface area contributed by atoms with Gasteiger partial charge in [-0.3, -0.25) is 9.59 Å². The van der Waals surface area contributed by atoms with E-state index in [9.17, 15) is 14.7 Å². The summed E-state index contributed by atoms with van der Waals surface area (Å²) in [4.78, 5) is 25.4. The molecule has 0 bridgehead atoms. The monoisotopic (exact) mass is 253 g/mol. The van der Waals surface area contributed by atoms with E-state index in [1.165, 1.54) is 0 Å². The molecule has 2 atom stereocenters. The Morgan fingerprint density at radius 2 is 1.83 bits per heavy atom. The number of allylic oxidation sites excluding steroid dienone is 2. The van der Waals surface area contributed by atoms with Crippen LogP contribution in [0.5, 0.6) is 0 Å². The zero-order valence-corrected chi connectivity index (χ0v) is 11.4. The van der Waals surface area contributed by atoms with Crippen LogP contribution in [0.2, 0.25) is 0 Å². The number of carbonyl (C=O) groups excluding carboxylic acids is 1. The summed E-state index contributed by atoms with van der Waals surface area (Å²) in [5, 5.41) is 9.19. The Morgan fingerprint density at radius 1 is 1.28 bits per heavy atom. The summed E-state index contributed by atoms with van der Waals surface area (Å²) >= 11 is 0. The van der Waals surface area contributed by atoms with Gasteiger partial charge in [0, 0.05) is 13.1 Å². The second-order valence-corrected chi connectivity index (χ2v) is 5.26. The molecule has 1 aliphatic rings. The lowest BCUT2D eigenvalue weighted by molar-refractivity contribution is -0.150. The fourth-order valence-electron chi connectivity index (χ4n) is 2.41. The quantitative estimate of drug-likeness (QED) is 0.764. The van der Waals surface area contributed by atoms with E-state index < -0.39 is 17.8 Å². The largest absolute Gasteiger partial charge is 0.481 e. The Bertz CT molecular complexity index is 336. The van der Waals surface area contributed by atoms with Crippen LogP contribution in [-0.4, -0.2) is 35.0 Å². The summed E-state index contributed by atoms with van der Waals surface area (Å²) < 4.78 is 0. The van der Waals surface area contributed by atoms with Gasteiger partial charge in [-0.1, -0.05) is 26.0 Å². The average Bonchev–Trinajstić information content (AvgIpc) is 2.34. The zero-order valence-electron chi connectivity index (χ0n) is 11.4. The maximum atomic E-state index is 12.4. The zero-order chi connectivity index (χ0) is 13.7. The first-order chi connectivity index (χ1) is 8.47. The van der Waals surface area contributed by atoms with Gasteiger partial charge in [0.2, 0.25) is 5.91 Å². The molecule has 0 aromatic rings. The maximum Gasteiger partial charge on any atom is 0.307 e. The van der Waals surface area contributed by atoms with Crippen molar-refractivity contribution in [2.75, 3.05) is 13.1 Å². The van der Waals surface area contributed by atoms with Gasteiger partial charge >= 0.3 is 5.97 Å². The number of amides is 1. The van der Waals surface area contributed by atoms with Gasteiger partial charge in [0.05, 0.1) is 11.8 Å². The van der Waals surface area contributed by atoms with Gasteiger partial charge in [-0.2, -0.15) is 0 Å². The second kappa shape index (κ2) is 6.57. The van der Waals surface area contributed by atoms with E-state index in [-0.39, 0.29) is 5.91 Å². The summed E-state index contributed by atoms with van der Waals surface area (Å²) in [6.07, 6.45) is 4.79. The molecule has 0 fully saturated rings. The molecule has 1 N–H and O–H groups in total. The lowest BCUT2D eigenvalue weighted by atomic mass is 9.82. The van der Waals surface area contributed by atoms with Crippen LogP contribution < -0.4 is 0 Å². The Hall–Kier alpha value is -1.32. The topological polar surface area (TPSA) is 57.6 Å². The lowest BCUT2D eigenvalue weighted by Crippen LogP contribution is -2.43. The highest BCUT2D eigenvalue weighted by Gasteiger charge is 2.35. The van der Waals surface area contributed by atoms with Gasteiger partial charge in [0.25, 0.3) is 0 Å². The maximum absolute atomic E-state index is 12.4. The molecule has 0 saturated carbocycles. The van der Waals surface area contributed by atoms with Gasteiger partial charge in [0.1, 0.15) is 0 Å². The SMILES string of the molecule is CCN(CC(C)C)C(=O)[C@@H]1CC=CC[C@@H]1C(=O)O. The first-order valence-electron chi connectivity index (χ1n) is 6.63. The number of hydrogen-bond donors (Lipinski definition) is 1. The van der Waals surface area contributed by atoms with E-state index in [0.29, 0.717) is 31.8 Å². The summed E-state index contributed by atoms with van der Waals surface area (Å²) in [5.41, 5.74) is 0. The predicted molar refractivity (Wildman–Crippen MR) is 70.1 cm³/mol. The van der Waals surface area contributed by atoms with Crippen molar-refractivity contribution in [3.8, 4) is 0 Å². The molecule has 18 heavy (non-hydrogen) atoms. The average molecular weight is 253 g/mol.